The molecule has 2 heterocycles. The van der Waals surface area contributed by atoms with Gasteiger partial charge in [-0.1, -0.05) is 23.9 Å². The number of nitrogens with one attached hydrogen (secondary N) is 1. The zero-order valence-corrected chi connectivity index (χ0v) is 14.7. The summed E-state index contributed by atoms with van der Waals surface area (Å²) in [4.78, 5) is 20.9. The van der Waals surface area contributed by atoms with Crippen LogP contribution in [-0.2, 0) is 6.54 Å². The molecule has 0 spiro atoms. The molecule has 0 unspecified atom stereocenters. The summed E-state index contributed by atoms with van der Waals surface area (Å²) in [5.74, 6) is -0.612. The van der Waals surface area contributed by atoms with Crippen molar-refractivity contribution in [2.75, 3.05) is 5.75 Å². The van der Waals surface area contributed by atoms with Gasteiger partial charge in [0.1, 0.15) is 11.6 Å². The number of nitrogens with zero attached hydrogens (tertiary/aromatic N) is 4. The lowest BCUT2D eigenvalue weighted by Crippen LogP contribution is -2.21. The smallest absolute Gasteiger partial charge is 0.261 e. The van der Waals surface area contributed by atoms with Crippen molar-refractivity contribution in [1.82, 2.24) is 24.7 Å². The van der Waals surface area contributed by atoms with E-state index in [1.165, 1.54) is 28.7 Å². The average molecular weight is 385 g/mol. The summed E-state index contributed by atoms with van der Waals surface area (Å²) >= 11 is 1.32. The van der Waals surface area contributed by atoms with E-state index in [1.807, 2.05) is 6.07 Å². The number of rotatable bonds is 5. The van der Waals surface area contributed by atoms with Gasteiger partial charge in [0.25, 0.3) is 5.56 Å². The molecule has 2 aromatic heterocycles. The second kappa shape index (κ2) is 7.28. The van der Waals surface area contributed by atoms with Gasteiger partial charge in [-0.15, -0.1) is 5.10 Å². The number of aromatic amines is 1. The van der Waals surface area contributed by atoms with Crippen molar-refractivity contribution in [2.24, 2.45) is 0 Å². The molecule has 0 radical (unpaired) electrons. The summed E-state index contributed by atoms with van der Waals surface area (Å²) in [6, 6.07) is 10.4. The molecule has 0 aliphatic heterocycles. The van der Waals surface area contributed by atoms with Gasteiger partial charge in [0.2, 0.25) is 5.16 Å². The van der Waals surface area contributed by atoms with Crippen molar-refractivity contribution >= 4 is 22.7 Å². The molecule has 0 saturated carbocycles. The molecule has 0 aliphatic carbocycles. The van der Waals surface area contributed by atoms with Gasteiger partial charge in [-0.25, -0.2) is 18.7 Å². The Labute approximate surface area is 156 Å². The standard InChI is InChI=1S/C18H13F2N5OS/c19-11-5-6-12(14(20)9-11)16-22-18(24-23-16)27-8-7-25-10-21-15-4-2-1-3-13(15)17(25)26/h1-6,9-10H,7-8H2,(H,22,23,24). The van der Waals surface area contributed by atoms with E-state index >= 15 is 0 Å². The Balaban J connectivity index is 1.45. The molecule has 6 nitrogen and oxygen atoms in total. The molecule has 0 saturated heterocycles. The summed E-state index contributed by atoms with van der Waals surface area (Å²) in [6.45, 7) is 0.427. The molecule has 1 N–H and O–H groups in total. The van der Waals surface area contributed by atoms with Gasteiger partial charge < -0.3 is 0 Å². The van der Waals surface area contributed by atoms with Crippen molar-refractivity contribution in [1.29, 1.82) is 0 Å². The Morgan fingerprint density at radius 2 is 2.00 bits per heavy atom. The second-order valence-corrected chi connectivity index (χ2v) is 6.76. The van der Waals surface area contributed by atoms with E-state index in [9.17, 15) is 13.6 Å². The Hall–Kier alpha value is -3.07. The Bertz CT molecular complexity index is 1170. The third-order valence-electron chi connectivity index (χ3n) is 3.95. The first-order chi connectivity index (χ1) is 13.1. The number of aryl methyl sites for hydroxylation is 1. The zero-order valence-electron chi connectivity index (χ0n) is 13.9. The molecule has 0 aliphatic rings. The summed E-state index contributed by atoms with van der Waals surface area (Å²) in [5.41, 5.74) is 0.697. The van der Waals surface area contributed by atoms with Crippen LogP contribution >= 0.6 is 11.8 Å². The predicted octanol–water partition coefficient (Wildman–Crippen LogP) is 3.25. The molecule has 0 fully saturated rings. The van der Waals surface area contributed by atoms with Crippen LogP contribution in [0.5, 0.6) is 0 Å². The molecule has 4 rings (SSSR count). The maximum atomic E-state index is 13.8. The van der Waals surface area contributed by atoms with Gasteiger partial charge in [-0.2, -0.15) is 0 Å². The van der Waals surface area contributed by atoms with Crippen LogP contribution in [0.15, 0.2) is 58.7 Å². The average Bonchev–Trinajstić information content (AvgIpc) is 3.12. The van der Waals surface area contributed by atoms with Crippen molar-refractivity contribution in [2.45, 2.75) is 11.7 Å². The SMILES string of the molecule is O=c1c2ccccc2ncn1CCSc1n[nH]c(-c2ccc(F)cc2F)n1. The zero-order chi connectivity index (χ0) is 18.8. The molecule has 27 heavy (non-hydrogen) atoms. The van der Waals surface area contributed by atoms with Gasteiger partial charge in [0, 0.05) is 18.4 Å². The molecule has 0 amide bonds. The van der Waals surface area contributed by atoms with Crippen molar-refractivity contribution in [3.05, 3.63) is 70.8 Å². The molecule has 0 atom stereocenters. The largest absolute Gasteiger partial charge is 0.298 e. The molecule has 0 bridgehead atoms. The van der Waals surface area contributed by atoms with Crippen molar-refractivity contribution in [3.8, 4) is 11.4 Å². The summed E-state index contributed by atoms with van der Waals surface area (Å²) in [5, 5.41) is 7.64. The van der Waals surface area contributed by atoms with E-state index in [1.54, 1.807) is 18.2 Å². The van der Waals surface area contributed by atoms with Crippen LogP contribution in [0.4, 0.5) is 8.78 Å². The van der Waals surface area contributed by atoms with Gasteiger partial charge in [0.15, 0.2) is 5.82 Å². The molecular weight excluding hydrogens is 372 g/mol. The molecule has 2 aromatic carbocycles. The molecule has 9 heteroatoms. The highest BCUT2D eigenvalue weighted by Gasteiger charge is 2.12. The number of benzene rings is 2. The minimum atomic E-state index is -0.712. The van der Waals surface area contributed by atoms with Crippen molar-refractivity contribution < 1.29 is 8.78 Å². The fraction of sp³-hybridized carbons (Fsp3) is 0.111. The lowest BCUT2D eigenvalue weighted by molar-refractivity contribution is 0.585. The number of fused-ring (bicyclic) bond motifs is 1. The topological polar surface area (TPSA) is 76.5 Å². The number of H-pyrrole nitrogens is 1. The van der Waals surface area contributed by atoms with Gasteiger partial charge in [0.05, 0.1) is 22.8 Å². The number of thioether (sulfide) groups is 1. The second-order valence-electron chi connectivity index (χ2n) is 5.70. The lowest BCUT2D eigenvalue weighted by Gasteiger charge is -2.05. The highest BCUT2D eigenvalue weighted by Crippen LogP contribution is 2.22. The third-order valence-corrected chi connectivity index (χ3v) is 4.77. The summed E-state index contributed by atoms with van der Waals surface area (Å²) < 4.78 is 28.3. The highest BCUT2D eigenvalue weighted by atomic mass is 32.2. The Morgan fingerprint density at radius 3 is 2.85 bits per heavy atom. The Morgan fingerprint density at radius 1 is 1.15 bits per heavy atom. The van der Waals surface area contributed by atoms with E-state index in [0.717, 1.165) is 12.1 Å². The first kappa shape index (κ1) is 17.3. The summed E-state index contributed by atoms with van der Waals surface area (Å²) in [7, 11) is 0. The first-order valence-corrected chi connectivity index (χ1v) is 9.05. The molecule has 4 aromatic rings. The van der Waals surface area contributed by atoms with Gasteiger partial charge in [-0.3, -0.25) is 14.5 Å². The predicted molar refractivity (Wildman–Crippen MR) is 98.5 cm³/mol. The number of para-hydroxylation sites is 1. The van der Waals surface area contributed by atoms with Crippen LogP contribution in [0.2, 0.25) is 0 Å². The van der Waals surface area contributed by atoms with E-state index < -0.39 is 11.6 Å². The van der Waals surface area contributed by atoms with E-state index in [0.29, 0.717) is 28.4 Å². The summed E-state index contributed by atoms with van der Waals surface area (Å²) in [6.07, 6.45) is 1.52. The normalized spacial score (nSPS) is 11.2. The maximum absolute atomic E-state index is 13.8. The van der Waals surface area contributed by atoms with Crippen LogP contribution in [0.25, 0.3) is 22.3 Å². The van der Waals surface area contributed by atoms with Crippen LogP contribution in [0, 0.1) is 11.6 Å². The lowest BCUT2D eigenvalue weighted by atomic mass is 10.2. The van der Waals surface area contributed by atoms with Crippen LogP contribution in [0.1, 0.15) is 0 Å². The van der Waals surface area contributed by atoms with Crippen LogP contribution in [-0.4, -0.2) is 30.5 Å². The van der Waals surface area contributed by atoms with E-state index in [4.69, 9.17) is 0 Å². The fourth-order valence-corrected chi connectivity index (χ4v) is 3.35. The van der Waals surface area contributed by atoms with Crippen LogP contribution in [0.3, 0.4) is 0 Å². The number of halogens is 2. The maximum Gasteiger partial charge on any atom is 0.261 e. The van der Waals surface area contributed by atoms with Gasteiger partial charge >= 0.3 is 0 Å². The number of hydrogen-bond donors (Lipinski definition) is 1. The monoisotopic (exact) mass is 385 g/mol. The quantitative estimate of drug-likeness (QED) is 0.534. The van der Waals surface area contributed by atoms with Crippen molar-refractivity contribution in [3.63, 3.8) is 0 Å². The van der Waals surface area contributed by atoms with Gasteiger partial charge in [-0.05, 0) is 24.3 Å². The highest BCUT2D eigenvalue weighted by molar-refractivity contribution is 7.99. The van der Waals surface area contributed by atoms with E-state index in [2.05, 4.69) is 20.2 Å². The third kappa shape index (κ3) is 3.59. The Kier molecular flexibility index (Phi) is 4.68. The number of aromatic nitrogens is 5. The minimum Gasteiger partial charge on any atom is -0.298 e. The number of hydrogen-bond acceptors (Lipinski definition) is 5. The minimum absolute atomic E-state index is 0.106. The fourth-order valence-electron chi connectivity index (χ4n) is 2.61. The van der Waals surface area contributed by atoms with E-state index in [-0.39, 0.29) is 16.9 Å². The molecule has 136 valence electrons. The first-order valence-electron chi connectivity index (χ1n) is 8.06. The van der Waals surface area contributed by atoms with Crippen LogP contribution < -0.4 is 5.56 Å². The molecular formula is C18H13F2N5OS.